The van der Waals surface area contributed by atoms with Gasteiger partial charge in [-0.15, -0.1) is 11.6 Å². The molecule has 0 aromatic heterocycles. The van der Waals surface area contributed by atoms with Crippen LogP contribution in [0.25, 0.3) is 0 Å². The molecule has 0 amide bonds. The molecule has 2 nitrogen and oxygen atoms in total. The van der Waals surface area contributed by atoms with Crippen LogP contribution in [0.5, 0.6) is 0 Å². The first-order chi connectivity index (χ1) is 4.31. The minimum absolute atomic E-state index is 0.208. The fourth-order valence-electron chi connectivity index (χ4n) is 0.271. The molecule has 0 radical (unpaired) electrons. The van der Waals surface area contributed by atoms with Gasteiger partial charge in [0.25, 0.3) is 0 Å². The zero-order valence-electron chi connectivity index (χ0n) is 6.85. The molecule has 0 spiro atoms. The van der Waals surface area contributed by atoms with Crippen molar-refractivity contribution >= 4 is 19.0 Å². The van der Waals surface area contributed by atoms with E-state index in [0.717, 1.165) is 0 Å². The van der Waals surface area contributed by atoms with Gasteiger partial charge in [-0.05, 0) is 6.92 Å². The second-order valence-electron chi connectivity index (χ2n) is 1.35. The lowest BCUT2D eigenvalue weighted by Crippen LogP contribution is -1.87. The Morgan fingerprint density at radius 1 is 2.00 bits per heavy atom. The fraction of sp³-hybridized carbons (Fsp3) is 1.00. The van der Waals surface area contributed by atoms with Crippen molar-refractivity contribution in [3.63, 3.8) is 0 Å². The Kier molecular flexibility index (Phi) is 2.31. The summed E-state index contributed by atoms with van der Waals surface area (Å²) in [5.74, 6) is 0. The highest BCUT2D eigenvalue weighted by molar-refractivity contribution is 7.59. The predicted octanol–water partition coefficient (Wildman–Crippen LogP) is 2.13. The van der Waals surface area contributed by atoms with Crippen molar-refractivity contribution in [1.82, 2.24) is 0 Å². The van der Waals surface area contributed by atoms with E-state index < -0.39 is 12.9 Å². The maximum atomic E-state index is 11.1. The molecular formula is C4H10ClO2P. The van der Waals surface area contributed by atoms with Crippen molar-refractivity contribution < 1.29 is 11.8 Å². The van der Waals surface area contributed by atoms with Crippen LogP contribution in [0.4, 0.5) is 0 Å². The van der Waals surface area contributed by atoms with Gasteiger partial charge in [0.2, 0.25) is 7.37 Å². The van der Waals surface area contributed by atoms with E-state index in [-0.39, 0.29) is 6.61 Å². The van der Waals surface area contributed by atoms with Crippen LogP contribution in [-0.2, 0) is 9.09 Å². The van der Waals surface area contributed by atoms with Crippen LogP contribution in [0.1, 0.15) is 9.67 Å². The molecule has 0 fully saturated rings. The quantitative estimate of drug-likeness (QED) is 0.465. The third kappa shape index (κ3) is 3.48. The van der Waals surface area contributed by atoms with Crippen LogP contribution in [0.3, 0.4) is 0 Å². The lowest BCUT2D eigenvalue weighted by atomic mass is 10.9. The van der Waals surface area contributed by atoms with Gasteiger partial charge in [-0.1, -0.05) is 0 Å². The average Bonchev–Trinajstić information content (AvgIpc) is 1.61. The van der Waals surface area contributed by atoms with E-state index in [1.165, 1.54) is 6.66 Å². The highest BCUT2D eigenvalue weighted by Gasteiger charge is 2.11. The molecule has 0 N–H and O–H groups in total. The van der Waals surface area contributed by atoms with Crippen LogP contribution in [0.2, 0.25) is 0 Å². The standard InChI is InChI=1S/C4H10ClO2P/c1-3-7-8(2,6)4-5/h3-4H2,1-2H3/i4D2. The molecular weight excluding hydrogens is 146 g/mol. The predicted molar refractivity (Wildman–Crippen MR) is 35.9 cm³/mol. The number of rotatable bonds is 3. The second kappa shape index (κ2) is 3.49. The molecule has 0 saturated heterocycles. The minimum atomic E-state index is -3.28. The summed E-state index contributed by atoms with van der Waals surface area (Å²) in [5.41, 5.74) is -2.25. The first kappa shape index (κ1) is 5.28. The molecule has 4 heteroatoms. The molecule has 0 aromatic carbocycles. The van der Waals surface area contributed by atoms with Gasteiger partial charge in [0.05, 0.1) is 14.9 Å². The van der Waals surface area contributed by atoms with E-state index in [1.807, 2.05) is 0 Å². The van der Waals surface area contributed by atoms with Crippen molar-refractivity contribution in [3.05, 3.63) is 0 Å². The van der Waals surface area contributed by atoms with Gasteiger partial charge in [0, 0.05) is 6.66 Å². The van der Waals surface area contributed by atoms with Gasteiger partial charge in [-0.3, -0.25) is 4.57 Å². The topological polar surface area (TPSA) is 26.3 Å². The molecule has 0 aromatic rings. The van der Waals surface area contributed by atoms with Crippen molar-refractivity contribution in [2.75, 3.05) is 18.8 Å². The summed E-state index contributed by atoms with van der Waals surface area (Å²) >= 11 is 5.15. The Balaban J connectivity index is 4.26. The largest absolute Gasteiger partial charge is 0.328 e. The SMILES string of the molecule is [2H]C([2H])(Cl)P(C)(=O)OCC. The lowest BCUT2D eigenvalue weighted by molar-refractivity contribution is 0.340. The molecule has 0 bridgehead atoms. The van der Waals surface area contributed by atoms with E-state index in [2.05, 4.69) is 4.52 Å². The second-order valence-corrected chi connectivity index (χ2v) is 3.97. The van der Waals surface area contributed by atoms with Crippen LogP contribution < -0.4 is 0 Å². The highest BCUT2D eigenvalue weighted by Crippen LogP contribution is 2.42. The summed E-state index contributed by atoms with van der Waals surface area (Å²) in [4.78, 5) is 0. The first-order valence-corrected chi connectivity index (χ1v) is 4.67. The number of halogens is 1. The summed E-state index contributed by atoms with van der Waals surface area (Å²) in [6.07, 6.45) is 0. The zero-order chi connectivity index (χ0) is 8.41. The monoisotopic (exact) mass is 158 g/mol. The summed E-state index contributed by atoms with van der Waals surface area (Å²) in [7, 11) is -3.28. The zero-order valence-corrected chi connectivity index (χ0v) is 6.50. The molecule has 0 saturated carbocycles. The van der Waals surface area contributed by atoms with Crippen molar-refractivity contribution in [2.45, 2.75) is 6.92 Å². The molecule has 1 atom stereocenters. The third-order valence-electron chi connectivity index (χ3n) is 0.529. The summed E-state index contributed by atoms with van der Waals surface area (Å²) < 4.78 is 29.5. The van der Waals surface area contributed by atoms with E-state index in [9.17, 15) is 4.57 Å². The van der Waals surface area contributed by atoms with Gasteiger partial charge < -0.3 is 4.52 Å². The Morgan fingerprint density at radius 3 is 2.62 bits per heavy atom. The Hall–Kier alpha value is 0.480. The van der Waals surface area contributed by atoms with Crippen LogP contribution in [0.15, 0.2) is 0 Å². The number of hydrogen-bond acceptors (Lipinski definition) is 2. The van der Waals surface area contributed by atoms with Gasteiger partial charge in [0.1, 0.15) is 0 Å². The molecule has 0 rings (SSSR count). The highest BCUT2D eigenvalue weighted by atomic mass is 35.5. The van der Waals surface area contributed by atoms with E-state index in [1.54, 1.807) is 6.92 Å². The maximum Gasteiger partial charge on any atom is 0.214 e. The molecule has 0 heterocycles. The molecule has 50 valence electrons. The lowest BCUT2D eigenvalue weighted by Gasteiger charge is -2.06. The van der Waals surface area contributed by atoms with Crippen LogP contribution >= 0.6 is 19.0 Å². The Morgan fingerprint density at radius 2 is 2.50 bits per heavy atom. The summed E-state index contributed by atoms with van der Waals surface area (Å²) in [5, 5.41) is 0. The molecule has 8 heavy (non-hydrogen) atoms. The molecule has 0 aliphatic heterocycles. The van der Waals surface area contributed by atoms with Gasteiger partial charge >= 0.3 is 0 Å². The fourth-order valence-corrected chi connectivity index (χ4v) is 0.959. The first-order valence-electron chi connectivity index (χ1n) is 3.22. The van der Waals surface area contributed by atoms with Crippen molar-refractivity contribution in [1.29, 1.82) is 0 Å². The van der Waals surface area contributed by atoms with Gasteiger partial charge in [-0.2, -0.15) is 0 Å². The number of alkyl halides is 1. The minimum Gasteiger partial charge on any atom is -0.328 e. The third-order valence-corrected chi connectivity index (χ3v) is 2.51. The van der Waals surface area contributed by atoms with Crippen molar-refractivity contribution in [2.24, 2.45) is 0 Å². The van der Waals surface area contributed by atoms with Crippen molar-refractivity contribution in [3.8, 4) is 0 Å². The van der Waals surface area contributed by atoms with E-state index in [4.69, 9.17) is 14.3 Å². The van der Waals surface area contributed by atoms with E-state index >= 15 is 0 Å². The molecule has 0 aliphatic rings. The average molecular weight is 159 g/mol. The molecule has 1 unspecified atom stereocenters. The Labute approximate surface area is 57.4 Å². The summed E-state index contributed by atoms with van der Waals surface area (Å²) in [6, 6.07) is 0. The maximum absolute atomic E-state index is 11.1. The Bertz CT molecular complexity index is 156. The van der Waals surface area contributed by atoms with Crippen LogP contribution in [0, 0.1) is 0 Å². The van der Waals surface area contributed by atoms with E-state index in [0.29, 0.717) is 0 Å². The molecule has 0 aliphatic carbocycles. The smallest absolute Gasteiger partial charge is 0.214 e. The normalized spacial score (nSPS) is 23.4. The number of hydrogen-bond donors (Lipinski definition) is 0. The van der Waals surface area contributed by atoms with Gasteiger partial charge in [-0.25, -0.2) is 0 Å². The summed E-state index contributed by atoms with van der Waals surface area (Å²) in [6.45, 7) is 3.03. The van der Waals surface area contributed by atoms with Gasteiger partial charge in [0.15, 0.2) is 0 Å². The van der Waals surface area contributed by atoms with Crippen LogP contribution in [-0.4, -0.2) is 18.8 Å².